The summed E-state index contributed by atoms with van der Waals surface area (Å²) in [7, 11) is 0. The first-order valence-corrected chi connectivity index (χ1v) is 12.5. The van der Waals surface area contributed by atoms with Gasteiger partial charge in [-0.1, -0.05) is 54.2 Å². The molecule has 4 aromatic heterocycles. The van der Waals surface area contributed by atoms with Crippen LogP contribution in [0.3, 0.4) is 0 Å². The number of ketones is 1. The molecule has 34 heavy (non-hydrogen) atoms. The Morgan fingerprint density at radius 3 is 2.71 bits per heavy atom. The molecule has 2 aromatic carbocycles. The van der Waals surface area contributed by atoms with E-state index >= 15 is 0 Å². The van der Waals surface area contributed by atoms with Crippen LogP contribution in [-0.2, 0) is 0 Å². The second-order valence-corrected chi connectivity index (χ2v) is 9.68. The van der Waals surface area contributed by atoms with Crippen LogP contribution in [0.2, 0.25) is 0 Å². The van der Waals surface area contributed by atoms with Gasteiger partial charge in [0.1, 0.15) is 0 Å². The third-order valence-electron chi connectivity index (χ3n) is 5.63. The van der Waals surface area contributed by atoms with Crippen molar-refractivity contribution in [3.8, 4) is 22.0 Å². The quantitative estimate of drug-likeness (QED) is 0.208. The average molecular weight is 483 g/mol. The molecule has 0 saturated heterocycles. The molecule has 0 saturated carbocycles. The third-order valence-corrected chi connectivity index (χ3v) is 7.34. The second kappa shape index (κ2) is 8.55. The van der Waals surface area contributed by atoms with Crippen LogP contribution in [0.25, 0.3) is 43.8 Å². The number of H-pyrrole nitrogens is 1. The fourth-order valence-electron chi connectivity index (χ4n) is 4.12. The monoisotopic (exact) mass is 482 g/mol. The maximum absolute atomic E-state index is 13.0. The number of Topliss-reactive ketones (excluding diaryl/α,β-unsaturated/α-hetero) is 1. The molecule has 0 spiro atoms. The molecule has 0 radical (unpaired) electrons. The Kier molecular flexibility index (Phi) is 5.24. The van der Waals surface area contributed by atoms with Crippen LogP contribution >= 0.6 is 23.1 Å². The normalized spacial score (nSPS) is 11.4. The standard InChI is InChI=1S/C26H18N4O2S2/c1-15-24(17-8-3-5-10-20(17)27-15)22(31)14-34-26-30-29-25(32-26)18-13-21(23-11-6-12-33-23)28-19-9-4-2-7-16(18)19/h2-13,27H,14H2,1H3. The van der Waals surface area contributed by atoms with E-state index in [1.807, 2.05) is 79.0 Å². The number of rotatable bonds is 6. The number of nitrogens with one attached hydrogen (secondary N) is 1. The van der Waals surface area contributed by atoms with Gasteiger partial charge in [-0.05, 0) is 36.6 Å². The van der Waals surface area contributed by atoms with E-state index < -0.39 is 0 Å². The zero-order valence-corrected chi connectivity index (χ0v) is 19.7. The number of fused-ring (bicyclic) bond motifs is 2. The lowest BCUT2D eigenvalue weighted by atomic mass is 10.1. The molecule has 6 aromatic rings. The van der Waals surface area contributed by atoms with Crippen molar-refractivity contribution in [2.75, 3.05) is 5.75 Å². The van der Waals surface area contributed by atoms with E-state index in [9.17, 15) is 4.79 Å². The van der Waals surface area contributed by atoms with Crippen LogP contribution in [0.5, 0.6) is 0 Å². The van der Waals surface area contributed by atoms with Crippen molar-refractivity contribution < 1.29 is 9.21 Å². The van der Waals surface area contributed by atoms with E-state index in [1.165, 1.54) is 11.8 Å². The van der Waals surface area contributed by atoms with Crippen LogP contribution < -0.4 is 0 Å². The summed E-state index contributed by atoms with van der Waals surface area (Å²) in [5.41, 5.74) is 5.08. The first-order chi connectivity index (χ1) is 16.7. The van der Waals surface area contributed by atoms with E-state index in [0.717, 1.165) is 43.6 Å². The number of para-hydroxylation sites is 2. The third kappa shape index (κ3) is 3.70. The molecule has 0 aliphatic carbocycles. The van der Waals surface area contributed by atoms with E-state index in [4.69, 9.17) is 9.40 Å². The van der Waals surface area contributed by atoms with Gasteiger partial charge in [0.15, 0.2) is 5.78 Å². The number of hydrogen-bond acceptors (Lipinski definition) is 7. The van der Waals surface area contributed by atoms with Gasteiger partial charge in [0, 0.05) is 27.5 Å². The first kappa shape index (κ1) is 20.8. The largest absolute Gasteiger partial charge is 0.411 e. The number of pyridine rings is 1. The molecule has 0 aliphatic heterocycles. The Hall–Kier alpha value is -3.75. The topological polar surface area (TPSA) is 84.7 Å². The molecule has 0 amide bonds. The molecule has 0 atom stereocenters. The van der Waals surface area contributed by atoms with Crippen LogP contribution in [-0.4, -0.2) is 31.7 Å². The number of hydrogen-bond donors (Lipinski definition) is 1. The Morgan fingerprint density at radius 2 is 1.85 bits per heavy atom. The molecule has 0 fully saturated rings. The number of thioether (sulfide) groups is 1. The maximum Gasteiger partial charge on any atom is 0.277 e. The molecular formula is C26H18N4O2S2. The van der Waals surface area contributed by atoms with Crippen molar-refractivity contribution in [2.24, 2.45) is 0 Å². The summed E-state index contributed by atoms with van der Waals surface area (Å²) in [6.45, 7) is 1.92. The summed E-state index contributed by atoms with van der Waals surface area (Å²) < 4.78 is 5.99. The smallest absolute Gasteiger partial charge is 0.277 e. The summed E-state index contributed by atoms with van der Waals surface area (Å²) >= 11 is 2.88. The van der Waals surface area contributed by atoms with E-state index in [-0.39, 0.29) is 11.5 Å². The van der Waals surface area contributed by atoms with Crippen molar-refractivity contribution in [1.82, 2.24) is 20.2 Å². The minimum atomic E-state index is 0.0223. The fourth-order valence-corrected chi connectivity index (χ4v) is 5.44. The molecule has 4 heterocycles. The van der Waals surface area contributed by atoms with Gasteiger partial charge in [-0.15, -0.1) is 21.5 Å². The number of aromatic nitrogens is 4. The summed E-state index contributed by atoms with van der Waals surface area (Å²) in [4.78, 5) is 22.2. The molecule has 6 rings (SSSR count). The highest BCUT2D eigenvalue weighted by molar-refractivity contribution is 7.99. The molecular weight excluding hydrogens is 464 g/mol. The van der Waals surface area contributed by atoms with E-state index in [0.29, 0.717) is 16.7 Å². The van der Waals surface area contributed by atoms with Gasteiger partial charge in [0.25, 0.3) is 5.22 Å². The number of nitrogens with zero attached hydrogens (tertiary/aromatic N) is 3. The van der Waals surface area contributed by atoms with Crippen LogP contribution in [0.15, 0.2) is 81.8 Å². The van der Waals surface area contributed by atoms with Gasteiger partial charge in [0.05, 0.1) is 27.4 Å². The predicted octanol–water partition coefficient (Wildman–Crippen LogP) is 6.78. The van der Waals surface area contributed by atoms with Crippen molar-refractivity contribution in [3.05, 3.63) is 83.4 Å². The highest BCUT2D eigenvalue weighted by Gasteiger charge is 2.19. The number of aromatic amines is 1. The van der Waals surface area contributed by atoms with Gasteiger partial charge < -0.3 is 9.40 Å². The number of aryl methyl sites for hydroxylation is 1. The Balaban J connectivity index is 1.29. The van der Waals surface area contributed by atoms with Crippen molar-refractivity contribution in [1.29, 1.82) is 0 Å². The summed E-state index contributed by atoms with van der Waals surface area (Å²) in [6.07, 6.45) is 0. The first-order valence-electron chi connectivity index (χ1n) is 10.7. The van der Waals surface area contributed by atoms with Gasteiger partial charge in [0.2, 0.25) is 5.89 Å². The van der Waals surface area contributed by atoms with Gasteiger partial charge >= 0.3 is 0 Å². The van der Waals surface area contributed by atoms with Crippen LogP contribution in [0.1, 0.15) is 16.1 Å². The SMILES string of the molecule is Cc1[nH]c2ccccc2c1C(=O)CSc1nnc(-c2cc(-c3cccs3)nc3ccccc23)o1. The second-order valence-electron chi connectivity index (χ2n) is 7.81. The molecule has 0 aliphatic rings. The lowest BCUT2D eigenvalue weighted by molar-refractivity contribution is 0.102. The van der Waals surface area contributed by atoms with Crippen molar-refractivity contribution >= 4 is 50.7 Å². The summed E-state index contributed by atoms with van der Waals surface area (Å²) in [6, 6.07) is 21.8. The lowest BCUT2D eigenvalue weighted by Crippen LogP contribution is -2.03. The van der Waals surface area contributed by atoms with E-state index in [2.05, 4.69) is 15.2 Å². The van der Waals surface area contributed by atoms with Crippen molar-refractivity contribution in [2.45, 2.75) is 12.1 Å². The Bertz CT molecular complexity index is 1650. The minimum absolute atomic E-state index is 0.0223. The number of carbonyl (C=O) groups excluding carboxylic acids is 1. The number of thiophene rings is 1. The van der Waals surface area contributed by atoms with Crippen LogP contribution in [0.4, 0.5) is 0 Å². The lowest BCUT2D eigenvalue weighted by Gasteiger charge is -2.06. The molecule has 0 bridgehead atoms. The van der Waals surface area contributed by atoms with Gasteiger partial charge in [-0.2, -0.15) is 0 Å². The highest BCUT2D eigenvalue weighted by Crippen LogP contribution is 2.34. The fraction of sp³-hybridized carbons (Fsp3) is 0.0769. The Morgan fingerprint density at radius 1 is 1.03 bits per heavy atom. The average Bonchev–Trinajstić information content (AvgIpc) is 3.61. The molecule has 8 heteroatoms. The number of carbonyl (C=O) groups is 1. The maximum atomic E-state index is 13.0. The number of benzene rings is 2. The molecule has 166 valence electrons. The highest BCUT2D eigenvalue weighted by atomic mass is 32.2. The zero-order chi connectivity index (χ0) is 23.1. The molecule has 6 nitrogen and oxygen atoms in total. The van der Waals surface area contributed by atoms with Crippen molar-refractivity contribution in [3.63, 3.8) is 0 Å². The minimum Gasteiger partial charge on any atom is -0.411 e. The summed E-state index contributed by atoms with van der Waals surface area (Å²) in [5.74, 6) is 0.644. The molecule has 0 unspecified atom stereocenters. The zero-order valence-electron chi connectivity index (χ0n) is 18.1. The molecule has 1 N–H and O–H groups in total. The predicted molar refractivity (Wildman–Crippen MR) is 136 cm³/mol. The van der Waals surface area contributed by atoms with Crippen LogP contribution in [0, 0.1) is 6.92 Å². The Labute approximate surface area is 203 Å². The van der Waals surface area contributed by atoms with Gasteiger partial charge in [-0.3, -0.25) is 4.79 Å². The van der Waals surface area contributed by atoms with Gasteiger partial charge in [-0.25, -0.2) is 4.98 Å². The van der Waals surface area contributed by atoms with E-state index in [1.54, 1.807) is 11.3 Å². The summed E-state index contributed by atoms with van der Waals surface area (Å²) in [5, 5.41) is 12.7.